The lowest BCUT2D eigenvalue weighted by molar-refractivity contribution is 0.255. The molecule has 2 amide bonds. The van der Waals surface area contributed by atoms with Crippen LogP contribution in [0.15, 0.2) is 30.5 Å². The number of allylic oxidation sites excluding steroid dienone is 1. The molecular weight excluding hydrogens is 214 g/mol. The maximum atomic E-state index is 11.2. The maximum absolute atomic E-state index is 11.2. The van der Waals surface area contributed by atoms with Gasteiger partial charge in [-0.1, -0.05) is 17.7 Å². The van der Waals surface area contributed by atoms with E-state index in [1.807, 2.05) is 0 Å². The fraction of sp³-hybridized carbons (Fsp3) is 0.100. The molecule has 0 saturated heterocycles. The third-order valence-electron chi connectivity index (χ3n) is 1.62. The van der Waals surface area contributed by atoms with Gasteiger partial charge in [0.2, 0.25) is 0 Å². The molecular formula is C10H12ClN3O. The highest BCUT2D eigenvalue weighted by atomic mass is 35.5. The zero-order chi connectivity index (χ0) is 11.3. The van der Waals surface area contributed by atoms with Crippen LogP contribution in [0.4, 0.5) is 16.2 Å². The standard InChI is InChI=1S/C10H12ClN3O/c1-2-5-13-10(15)14-9-4-3-7(12)6-8(9)11/h2-6H,12H2,1H3,(H2,13,14,15)/b5-2+. The number of anilines is 2. The van der Waals surface area contributed by atoms with Crippen LogP contribution in [0.3, 0.4) is 0 Å². The van der Waals surface area contributed by atoms with Gasteiger partial charge in [0.25, 0.3) is 0 Å². The summed E-state index contributed by atoms with van der Waals surface area (Å²) in [6, 6.07) is 4.54. The first-order valence-electron chi connectivity index (χ1n) is 4.37. The number of nitrogens with two attached hydrogens (primary N) is 1. The van der Waals surface area contributed by atoms with E-state index in [0.717, 1.165) is 0 Å². The van der Waals surface area contributed by atoms with Crippen LogP contribution in [-0.2, 0) is 0 Å². The number of hydrogen-bond donors (Lipinski definition) is 3. The van der Waals surface area contributed by atoms with E-state index >= 15 is 0 Å². The molecule has 0 spiro atoms. The smallest absolute Gasteiger partial charge is 0.323 e. The summed E-state index contributed by atoms with van der Waals surface area (Å²) < 4.78 is 0. The molecule has 5 heteroatoms. The molecule has 0 radical (unpaired) electrons. The number of benzene rings is 1. The van der Waals surface area contributed by atoms with Gasteiger partial charge in [0.05, 0.1) is 10.7 Å². The van der Waals surface area contributed by atoms with Crippen molar-refractivity contribution < 1.29 is 4.79 Å². The number of amides is 2. The van der Waals surface area contributed by atoms with Crippen LogP contribution in [0, 0.1) is 0 Å². The maximum Gasteiger partial charge on any atom is 0.323 e. The summed E-state index contributed by atoms with van der Waals surface area (Å²) in [5.74, 6) is 0. The van der Waals surface area contributed by atoms with Crippen molar-refractivity contribution in [2.75, 3.05) is 11.1 Å². The highest BCUT2D eigenvalue weighted by Gasteiger charge is 2.03. The van der Waals surface area contributed by atoms with E-state index in [9.17, 15) is 4.79 Å². The van der Waals surface area contributed by atoms with Crippen LogP contribution in [0.1, 0.15) is 6.92 Å². The number of halogens is 1. The summed E-state index contributed by atoms with van der Waals surface area (Å²) in [5, 5.41) is 5.49. The topological polar surface area (TPSA) is 67.2 Å². The molecule has 4 nitrogen and oxygen atoms in total. The lowest BCUT2D eigenvalue weighted by atomic mass is 10.3. The van der Waals surface area contributed by atoms with Crippen molar-refractivity contribution in [3.63, 3.8) is 0 Å². The molecule has 80 valence electrons. The molecule has 0 atom stereocenters. The average Bonchev–Trinajstić information content (AvgIpc) is 2.19. The Morgan fingerprint density at radius 3 is 2.87 bits per heavy atom. The summed E-state index contributed by atoms with van der Waals surface area (Å²) in [6.45, 7) is 1.80. The monoisotopic (exact) mass is 225 g/mol. The summed E-state index contributed by atoms with van der Waals surface area (Å²) >= 11 is 5.87. The third-order valence-corrected chi connectivity index (χ3v) is 1.94. The molecule has 0 heterocycles. The van der Waals surface area contributed by atoms with E-state index in [-0.39, 0.29) is 6.03 Å². The Labute approximate surface area is 93.1 Å². The number of rotatable bonds is 2. The molecule has 0 bridgehead atoms. The van der Waals surface area contributed by atoms with Gasteiger partial charge in [-0.15, -0.1) is 0 Å². The van der Waals surface area contributed by atoms with Crippen LogP contribution < -0.4 is 16.4 Å². The second kappa shape index (κ2) is 5.26. The Kier molecular flexibility index (Phi) is 4.00. The minimum atomic E-state index is -0.347. The van der Waals surface area contributed by atoms with Crippen LogP contribution in [0.2, 0.25) is 5.02 Å². The van der Waals surface area contributed by atoms with Gasteiger partial charge in [-0.2, -0.15) is 0 Å². The van der Waals surface area contributed by atoms with Crippen molar-refractivity contribution in [2.24, 2.45) is 0 Å². The van der Waals surface area contributed by atoms with E-state index in [4.69, 9.17) is 17.3 Å². The lowest BCUT2D eigenvalue weighted by Gasteiger charge is -2.06. The van der Waals surface area contributed by atoms with E-state index in [2.05, 4.69) is 10.6 Å². The first kappa shape index (κ1) is 11.4. The molecule has 1 rings (SSSR count). The van der Waals surface area contributed by atoms with Crippen LogP contribution >= 0.6 is 11.6 Å². The fourth-order valence-corrected chi connectivity index (χ4v) is 1.19. The Morgan fingerprint density at radius 2 is 2.27 bits per heavy atom. The second-order valence-electron chi connectivity index (χ2n) is 2.84. The molecule has 4 N–H and O–H groups in total. The average molecular weight is 226 g/mol. The Bertz CT molecular complexity index is 390. The summed E-state index contributed by atoms with van der Waals surface area (Å²) in [6.07, 6.45) is 3.24. The number of nitrogens with one attached hydrogen (secondary N) is 2. The van der Waals surface area contributed by atoms with Crippen molar-refractivity contribution in [3.8, 4) is 0 Å². The largest absolute Gasteiger partial charge is 0.399 e. The second-order valence-corrected chi connectivity index (χ2v) is 3.24. The van der Waals surface area contributed by atoms with Gasteiger partial charge in [-0.05, 0) is 25.1 Å². The van der Waals surface area contributed by atoms with Crippen molar-refractivity contribution in [2.45, 2.75) is 6.92 Å². The van der Waals surface area contributed by atoms with Crippen molar-refractivity contribution in [1.82, 2.24) is 5.32 Å². The lowest BCUT2D eigenvalue weighted by Crippen LogP contribution is -2.23. The van der Waals surface area contributed by atoms with Crippen LogP contribution in [0.5, 0.6) is 0 Å². The SMILES string of the molecule is C/C=C/NC(=O)Nc1ccc(N)cc1Cl. The number of nitrogen functional groups attached to an aromatic ring is 1. The fourth-order valence-electron chi connectivity index (χ4n) is 0.950. The molecule has 0 saturated carbocycles. The van der Waals surface area contributed by atoms with Crippen LogP contribution in [0.25, 0.3) is 0 Å². The van der Waals surface area contributed by atoms with E-state index < -0.39 is 0 Å². The van der Waals surface area contributed by atoms with Crippen LogP contribution in [-0.4, -0.2) is 6.03 Å². The highest BCUT2D eigenvalue weighted by Crippen LogP contribution is 2.23. The van der Waals surface area contributed by atoms with Gasteiger partial charge in [0.1, 0.15) is 0 Å². The predicted octanol–water partition coefficient (Wildman–Crippen LogP) is 2.58. The zero-order valence-corrected chi connectivity index (χ0v) is 9.01. The number of hydrogen-bond acceptors (Lipinski definition) is 2. The van der Waals surface area contributed by atoms with E-state index in [1.165, 1.54) is 6.20 Å². The van der Waals surface area contributed by atoms with Crippen molar-refractivity contribution in [3.05, 3.63) is 35.5 Å². The molecule has 0 fully saturated rings. The van der Waals surface area contributed by atoms with E-state index in [0.29, 0.717) is 16.4 Å². The van der Waals surface area contributed by atoms with Gasteiger partial charge in [0, 0.05) is 11.9 Å². The minimum absolute atomic E-state index is 0.347. The summed E-state index contributed by atoms with van der Waals surface area (Å²) in [4.78, 5) is 11.2. The van der Waals surface area contributed by atoms with E-state index in [1.54, 1.807) is 31.2 Å². The molecule has 1 aromatic carbocycles. The number of carbonyl (C=O) groups excluding carboxylic acids is 1. The van der Waals surface area contributed by atoms with Gasteiger partial charge < -0.3 is 16.4 Å². The first-order valence-corrected chi connectivity index (χ1v) is 4.75. The molecule has 0 unspecified atom stereocenters. The number of urea groups is 1. The normalized spacial score (nSPS) is 10.3. The third kappa shape index (κ3) is 3.52. The van der Waals surface area contributed by atoms with Crippen molar-refractivity contribution >= 4 is 29.0 Å². The zero-order valence-electron chi connectivity index (χ0n) is 8.25. The summed E-state index contributed by atoms with van der Waals surface area (Å²) in [5.41, 5.74) is 6.59. The van der Waals surface area contributed by atoms with Gasteiger partial charge >= 0.3 is 6.03 Å². The van der Waals surface area contributed by atoms with Gasteiger partial charge in [-0.3, -0.25) is 0 Å². The molecule has 0 aromatic heterocycles. The van der Waals surface area contributed by atoms with Gasteiger partial charge in [-0.25, -0.2) is 4.79 Å². The van der Waals surface area contributed by atoms with Crippen molar-refractivity contribution in [1.29, 1.82) is 0 Å². The summed E-state index contributed by atoms with van der Waals surface area (Å²) in [7, 11) is 0. The Hall–Kier alpha value is -1.68. The molecule has 0 aliphatic rings. The predicted molar refractivity (Wildman–Crippen MR) is 62.8 cm³/mol. The van der Waals surface area contributed by atoms with Gasteiger partial charge in [0.15, 0.2) is 0 Å². The molecule has 0 aliphatic carbocycles. The highest BCUT2D eigenvalue weighted by molar-refractivity contribution is 6.34. The minimum Gasteiger partial charge on any atom is -0.399 e. The molecule has 15 heavy (non-hydrogen) atoms. The molecule has 1 aromatic rings. The Morgan fingerprint density at radius 1 is 1.53 bits per heavy atom. The Balaban J connectivity index is 2.68. The first-order chi connectivity index (χ1) is 7.13. The number of carbonyl (C=O) groups is 1. The molecule has 0 aliphatic heterocycles. The quantitative estimate of drug-likeness (QED) is 0.678.